The summed E-state index contributed by atoms with van der Waals surface area (Å²) in [6.45, 7) is 5.70. The van der Waals surface area contributed by atoms with Crippen molar-refractivity contribution in [3.63, 3.8) is 0 Å². The van der Waals surface area contributed by atoms with Crippen LogP contribution in [0, 0.1) is 0 Å². The summed E-state index contributed by atoms with van der Waals surface area (Å²) < 4.78 is 1.27. The summed E-state index contributed by atoms with van der Waals surface area (Å²) in [6.07, 6.45) is 1.31. The summed E-state index contributed by atoms with van der Waals surface area (Å²) in [6, 6.07) is 0.702. The maximum Gasteiger partial charge on any atom is 0.00355 e. The predicted molar refractivity (Wildman–Crippen MR) is 51.3 cm³/mol. The van der Waals surface area contributed by atoms with Crippen LogP contribution < -0.4 is 0 Å². The van der Waals surface area contributed by atoms with Crippen LogP contribution in [0.25, 0.3) is 0 Å². The number of hydrogen-bond acceptors (Lipinski definition) is 1. The van der Waals surface area contributed by atoms with Crippen molar-refractivity contribution in [2.45, 2.75) is 26.3 Å². The van der Waals surface area contributed by atoms with Crippen LogP contribution in [0.3, 0.4) is 0 Å². The number of hydrogen-bond donors (Lipinski definition) is 0. The summed E-state index contributed by atoms with van der Waals surface area (Å²) >= 11 is 2.42. The highest BCUT2D eigenvalue weighted by atomic mass is 127. The van der Waals surface area contributed by atoms with Crippen LogP contribution in [0.4, 0.5) is 0 Å². The SMILES string of the molecule is CC(C)N(C)CCCI. The van der Waals surface area contributed by atoms with E-state index in [1.54, 1.807) is 0 Å². The standard InChI is InChI=1S/C7H16IN/c1-7(2)9(3)6-4-5-8/h7H,4-6H2,1-3H3. The summed E-state index contributed by atoms with van der Waals surface area (Å²) in [7, 11) is 2.18. The minimum atomic E-state index is 0.702. The Kier molecular flexibility index (Phi) is 5.89. The van der Waals surface area contributed by atoms with Gasteiger partial charge in [-0.3, -0.25) is 0 Å². The van der Waals surface area contributed by atoms with E-state index in [0.29, 0.717) is 6.04 Å². The molecule has 0 atom stereocenters. The third-order valence-electron chi connectivity index (χ3n) is 1.53. The average molecular weight is 241 g/mol. The zero-order valence-corrected chi connectivity index (χ0v) is 8.68. The summed E-state index contributed by atoms with van der Waals surface area (Å²) in [5, 5.41) is 0. The Labute approximate surface area is 72.0 Å². The lowest BCUT2D eigenvalue weighted by Gasteiger charge is -2.19. The van der Waals surface area contributed by atoms with Gasteiger partial charge in [0.15, 0.2) is 0 Å². The van der Waals surface area contributed by atoms with Crippen molar-refractivity contribution in [2.24, 2.45) is 0 Å². The molecule has 0 fully saturated rings. The number of rotatable bonds is 4. The van der Waals surface area contributed by atoms with E-state index in [-0.39, 0.29) is 0 Å². The van der Waals surface area contributed by atoms with E-state index in [2.05, 4.69) is 48.4 Å². The molecule has 0 aromatic carbocycles. The normalized spacial score (nSPS) is 11.3. The summed E-state index contributed by atoms with van der Waals surface area (Å²) in [5.41, 5.74) is 0. The molecule has 0 radical (unpaired) electrons. The van der Waals surface area contributed by atoms with E-state index in [4.69, 9.17) is 0 Å². The Balaban J connectivity index is 3.16. The highest BCUT2D eigenvalue weighted by Crippen LogP contribution is 1.96. The molecule has 56 valence electrons. The third-order valence-corrected chi connectivity index (χ3v) is 2.29. The first-order valence-corrected chi connectivity index (χ1v) is 4.97. The zero-order chi connectivity index (χ0) is 7.28. The summed E-state index contributed by atoms with van der Waals surface area (Å²) in [4.78, 5) is 2.37. The van der Waals surface area contributed by atoms with Gasteiger partial charge in [0.05, 0.1) is 0 Å². The molecule has 0 aromatic rings. The van der Waals surface area contributed by atoms with Crippen LogP contribution in [0.2, 0.25) is 0 Å². The molecule has 0 unspecified atom stereocenters. The Morgan fingerprint density at radius 1 is 1.44 bits per heavy atom. The van der Waals surface area contributed by atoms with Gasteiger partial charge in [-0.2, -0.15) is 0 Å². The second kappa shape index (κ2) is 5.47. The molecule has 0 amide bonds. The Bertz CT molecular complexity index is 63.9. The fourth-order valence-corrected chi connectivity index (χ4v) is 0.908. The van der Waals surface area contributed by atoms with Crippen molar-refractivity contribution in [1.82, 2.24) is 4.90 Å². The molecule has 0 aliphatic carbocycles. The maximum absolute atomic E-state index is 2.42. The second-order valence-electron chi connectivity index (χ2n) is 2.62. The monoisotopic (exact) mass is 241 g/mol. The van der Waals surface area contributed by atoms with Crippen molar-refractivity contribution < 1.29 is 0 Å². The number of nitrogens with zero attached hydrogens (tertiary/aromatic N) is 1. The molecule has 0 aliphatic rings. The highest BCUT2D eigenvalue weighted by Gasteiger charge is 1.99. The van der Waals surface area contributed by atoms with Gasteiger partial charge in [0, 0.05) is 10.5 Å². The molecule has 0 rings (SSSR count). The van der Waals surface area contributed by atoms with E-state index >= 15 is 0 Å². The molecule has 2 heteroatoms. The minimum absolute atomic E-state index is 0.702. The topological polar surface area (TPSA) is 3.24 Å². The number of halogens is 1. The largest absolute Gasteiger partial charge is 0.304 e. The molecule has 0 aliphatic heterocycles. The van der Waals surface area contributed by atoms with Gasteiger partial charge in [-0.1, -0.05) is 22.6 Å². The number of alkyl halides is 1. The molecule has 0 saturated heterocycles. The van der Waals surface area contributed by atoms with E-state index in [9.17, 15) is 0 Å². The lowest BCUT2D eigenvalue weighted by Crippen LogP contribution is -2.27. The molecule has 1 nitrogen and oxygen atoms in total. The van der Waals surface area contributed by atoms with Gasteiger partial charge < -0.3 is 4.90 Å². The average Bonchev–Trinajstić information content (AvgIpc) is 1.82. The molecule has 0 spiro atoms. The van der Waals surface area contributed by atoms with Crippen molar-refractivity contribution >= 4 is 22.6 Å². The highest BCUT2D eigenvalue weighted by molar-refractivity contribution is 14.1. The van der Waals surface area contributed by atoms with Crippen molar-refractivity contribution in [3.8, 4) is 0 Å². The van der Waals surface area contributed by atoms with Crippen molar-refractivity contribution in [3.05, 3.63) is 0 Å². The fraction of sp³-hybridized carbons (Fsp3) is 1.00. The molecule has 0 heterocycles. The lowest BCUT2D eigenvalue weighted by atomic mass is 10.3. The van der Waals surface area contributed by atoms with Crippen LogP contribution in [0.15, 0.2) is 0 Å². The van der Waals surface area contributed by atoms with Crippen LogP contribution >= 0.6 is 22.6 Å². The Morgan fingerprint density at radius 2 is 2.00 bits per heavy atom. The maximum atomic E-state index is 2.42. The first kappa shape index (κ1) is 9.69. The van der Waals surface area contributed by atoms with Gasteiger partial charge in [-0.15, -0.1) is 0 Å². The third kappa shape index (κ3) is 5.15. The van der Waals surface area contributed by atoms with E-state index < -0.39 is 0 Å². The minimum Gasteiger partial charge on any atom is -0.304 e. The van der Waals surface area contributed by atoms with Gasteiger partial charge in [0.2, 0.25) is 0 Å². The van der Waals surface area contributed by atoms with Gasteiger partial charge in [-0.25, -0.2) is 0 Å². The first-order chi connectivity index (χ1) is 4.18. The predicted octanol–water partition coefficient (Wildman–Crippen LogP) is 2.15. The van der Waals surface area contributed by atoms with Gasteiger partial charge in [0.1, 0.15) is 0 Å². The van der Waals surface area contributed by atoms with Gasteiger partial charge in [-0.05, 0) is 33.9 Å². The zero-order valence-electron chi connectivity index (χ0n) is 6.52. The molecular weight excluding hydrogens is 225 g/mol. The van der Waals surface area contributed by atoms with Crippen LogP contribution in [0.5, 0.6) is 0 Å². The lowest BCUT2D eigenvalue weighted by molar-refractivity contribution is 0.276. The molecule has 0 saturated carbocycles. The van der Waals surface area contributed by atoms with Crippen molar-refractivity contribution in [1.29, 1.82) is 0 Å². The smallest absolute Gasteiger partial charge is 0.00355 e. The Morgan fingerprint density at radius 3 is 2.33 bits per heavy atom. The van der Waals surface area contributed by atoms with E-state index in [1.807, 2.05) is 0 Å². The molecule has 0 bridgehead atoms. The van der Waals surface area contributed by atoms with Crippen molar-refractivity contribution in [2.75, 3.05) is 18.0 Å². The fourth-order valence-electron chi connectivity index (χ4n) is 0.567. The molecule has 9 heavy (non-hydrogen) atoms. The molecule has 0 aromatic heterocycles. The van der Waals surface area contributed by atoms with Crippen LogP contribution in [-0.4, -0.2) is 29.0 Å². The van der Waals surface area contributed by atoms with E-state index in [1.165, 1.54) is 17.4 Å². The molecule has 0 N–H and O–H groups in total. The first-order valence-electron chi connectivity index (χ1n) is 3.44. The van der Waals surface area contributed by atoms with Crippen LogP contribution in [0.1, 0.15) is 20.3 Å². The quantitative estimate of drug-likeness (QED) is 0.538. The van der Waals surface area contributed by atoms with Gasteiger partial charge in [0.25, 0.3) is 0 Å². The Hall–Kier alpha value is 0.690. The van der Waals surface area contributed by atoms with Gasteiger partial charge >= 0.3 is 0 Å². The second-order valence-corrected chi connectivity index (χ2v) is 3.70. The molecular formula is C7H16IN. The van der Waals surface area contributed by atoms with E-state index in [0.717, 1.165) is 0 Å². The van der Waals surface area contributed by atoms with Crippen LogP contribution in [-0.2, 0) is 0 Å². The summed E-state index contributed by atoms with van der Waals surface area (Å²) in [5.74, 6) is 0.